The first-order chi connectivity index (χ1) is 10.3. The molecule has 0 unspecified atom stereocenters. The van der Waals surface area contributed by atoms with Crippen LogP contribution in [-0.4, -0.2) is 35.4 Å². The van der Waals surface area contributed by atoms with E-state index in [1.54, 1.807) is 0 Å². The summed E-state index contributed by atoms with van der Waals surface area (Å²) in [5, 5.41) is 7.27. The van der Waals surface area contributed by atoms with E-state index in [2.05, 4.69) is 22.5 Å². The van der Waals surface area contributed by atoms with Gasteiger partial charge in [0.15, 0.2) is 0 Å². The molecule has 2 heterocycles. The summed E-state index contributed by atoms with van der Waals surface area (Å²) in [7, 11) is 0. The quantitative estimate of drug-likeness (QED) is 0.909. The van der Waals surface area contributed by atoms with E-state index < -0.39 is 0 Å². The minimum Gasteiger partial charge on any atom is -0.381 e. The zero-order chi connectivity index (χ0) is 14.5. The van der Waals surface area contributed by atoms with E-state index >= 15 is 0 Å². The summed E-state index contributed by atoms with van der Waals surface area (Å²) >= 11 is 0. The number of hydrogen-bond acceptors (Lipinski definition) is 3. The van der Waals surface area contributed by atoms with Crippen LogP contribution in [0.4, 0.5) is 0 Å². The first-order valence-corrected chi connectivity index (χ1v) is 7.26. The average Bonchev–Trinajstić information content (AvgIpc) is 3.20. The SMILES string of the molecule is O=C(NCCn1cc(-c2ccccc2)cn1)[C@H]1CCOC1. The molecule has 21 heavy (non-hydrogen) atoms. The third kappa shape index (κ3) is 3.49. The lowest BCUT2D eigenvalue weighted by Crippen LogP contribution is -2.33. The van der Waals surface area contributed by atoms with Crippen LogP contribution < -0.4 is 5.32 Å². The number of nitrogens with zero attached hydrogens (tertiary/aromatic N) is 2. The molecule has 3 rings (SSSR count). The number of nitrogens with one attached hydrogen (secondary N) is 1. The van der Waals surface area contributed by atoms with Crippen molar-refractivity contribution in [1.29, 1.82) is 0 Å². The van der Waals surface area contributed by atoms with Crippen molar-refractivity contribution in [1.82, 2.24) is 15.1 Å². The second-order valence-corrected chi connectivity index (χ2v) is 5.21. The first-order valence-electron chi connectivity index (χ1n) is 7.26. The van der Waals surface area contributed by atoms with Gasteiger partial charge in [0.2, 0.25) is 5.91 Å². The van der Waals surface area contributed by atoms with E-state index in [4.69, 9.17) is 4.74 Å². The van der Waals surface area contributed by atoms with Crippen LogP contribution in [0.25, 0.3) is 11.1 Å². The molecule has 0 spiro atoms. The lowest BCUT2D eigenvalue weighted by molar-refractivity contribution is -0.124. The predicted octanol–water partition coefficient (Wildman–Crippen LogP) is 1.70. The zero-order valence-electron chi connectivity index (χ0n) is 11.9. The molecule has 2 aromatic rings. The summed E-state index contributed by atoms with van der Waals surface area (Å²) in [5.74, 6) is 0.102. The Morgan fingerprint density at radius 3 is 2.95 bits per heavy atom. The minimum atomic E-state index is 0.0162. The van der Waals surface area contributed by atoms with Gasteiger partial charge in [0.25, 0.3) is 0 Å². The zero-order valence-corrected chi connectivity index (χ0v) is 11.9. The highest BCUT2D eigenvalue weighted by atomic mass is 16.5. The maximum absolute atomic E-state index is 11.8. The Hall–Kier alpha value is -2.14. The maximum atomic E-state index is 11.8. The van der Waals surface area contributed by atoms with Crippen LogP contribution in [0.1, 0.15) is 6.42 Å². The highest BCUT2D eigenvalue weighted by Gasteiger charge is 2.22. The van der Waals surface area contributed by atoms with Crippen LogP contribution >= 0.6 is 0 Å². The Bertz CT molecular complexity index is 589. The van der Waals surface area contributed by atoms with Gasteiger partial charge in [-0.15, -0.1) is 0 Å². The molecule has 1 fully saturated rings. The Kier molecular flexibility index (Phi) is 4.31. The predicted molar refractivity (Wildman–Crippen MR) is 79.6 cm³/mol. The standard InChI is InChI=1S/C16H19N3O2/c20-16(14-6-9-21-12-14)17-7-8-19-11-15(10-18-19)13-4-2-1-3-5-13/h1-5,10-11,14H,6-9,12H2,(H,17,20)/t14-/m0/s1. The summed E-state index contributed by atoms with van der Waals surface area (Å²) in [6, 6.07) is 10.1. The number of amides is 1. The van der Waals surface area contributed by atoms with Gasteiger partial charge in [0, 0.05) is 24.9 Å². The number of aromatic nitrogens is 2. The van der Waals surface area contributed by atoms with Gasteiger partial charge in [0.05, 0.1) is 25.3 Å². The van der Waals surface area contributed by atoms with Crippen LogP contribution in [0.3, 0.4) is 0 Å². The molecule has 1 atom stereocenters. The lowest BCUT2D eigenvalue weighted by atomic mass is 10.1. The first kappa shape index (κ1) is 13.8. The van der Waals surface area contributed by atoms with E-state index in [9.17, 15) is 4.79 Å². The summed E-state index contributed by atoms with van der Waals surface area (Å²) in [6.45, 7) is 2.50. The van der Waals surface area contributed by atoms with Gasteiger partial charge >= 0.3 is 0 Å². The lowest BCUT2D eigenvalue weighted by Gasteiger charge is -2.09. The van der Waals surface area contributed by atoms with Crippen molar-refractivity contribution in [3.8, 4) is 11.1 Å². The number of hydrogen-bond donors (Lipinski definition) is 1. The molecule has 0 radical (unpaired) electrons. The molecule has 1 aliphatic heterocycles. The number of benzene rings is 1. The summed E-state index contributed by atoms with van der Waals surface area (Å²) in [4.78, 5) is 11.8. The third-order valence-electron chi connectivity index (χ3n) is 3.68. The average molecular weight is 285 g/mol. The van der Waals surface area contributed by atoms with Gasteiger partial charge in [-0.05, 0) is 12.0 Å². The van der Waals surface area contributed by atoms with Crippen LogP contribution in [0.2, 0.25) is 0 Å². The van der Waals surface area contributed by atoms with E-state index in [0.717, 1.165) is 17.5 Å². The highest BCUT2D eigenvalue weighted by Crippen LogP contribution is 2.17. The van der Waals surface area contributed by atoms with Crippen molar-refractivity contribution in [3.63, 3.8) is 0 Å². The molecule has 1 aliphatic rings. The molecule has 0 aliphatic carbocycles. The van der Waals surface area contributed by atoms with Crippen LogP contribution in [0.5, 0.6) is 0 Å². The van der Waals surface area contributed by atoms with Crippen molar-refractivity contribution in [2.45, 2.75) is 13.0 Å². The summed E-state index contributed by atoms with van der Waals surface area (Å²) in [5.41, 5.74) is 2.24. The molecule has 1 aromatic heterocycles. The largest absolute Gasteiger partial charge is 0.381 e. The molecular weight excluding hydrogens is 266 g/mol. The molecule has 5 nitrogen and oxygen atoms in total. The number of carbonyl (C=O) groups excluding carboxylic acids is 1. The second-order valence-electron chi connectivity index (χ2n) is 5.21. The van der Waals surface area contributed by atoms with Crippen molar-refractivity contribution in [3.05, 3.63) is 42.7 Å². The fraction of sp³-hybridized carbons (Fsp3) is 0.375. The molecule has 0 bridgehead atoms. The smallest absolute Gasteiger partial charge is 0.225 e. The molecule has 1 aromatic carbocycles. The second kappa shape index (κ2) is 6.54. The summed E-state index contributed by atoms with van der Waals surface area (Å²) < 4.78 is 7.07. The van der Waals surface area contributed by atoms with E-state index in [1.165, 1.54) is 0 Å². The van der Waals surface area contributed by atoms with Crippen LogP contribution in [0, 0.1) is 5.92 Å². The van der Waals surface area contributed by atoms with Crippen molar-refractivity contribution in [2.24, 2.45) is 5.92 Å². The van der Waals surface area contributed by atoms with E-state index in [1.807, 2.05) is 35.3 Å². The van der Waals surface area contributed by atoms with E-state index in [0.29, 0.717) is 26.3 Å². The van der Waals surface area contributed by atoms with Gasteiger partial charge in [-0.3, -0.25) is 9.48 Å². The Labute approximate surface area is 123 Å². The van der Waals surface area contributed by atoms with Gasteiger partial charge in [-0.2, -0.15) is 5.10 Å². The molecule has 1 amide bonds. The fourth-order valence-electron chi connectivity index (χ4n) is 2.44. The van der Waals surface area contributed by atoms with Crippen LogP contribution in [0.15, 0.2) is 42.7 Å². The molecule has 1 N–H and O–H groups in total. The van der Waals surface area contributed by atoms with Crippen molar-refractivity contribution >= 4 is 5.91 Å². The van der Waals surface area contributed by atoms with Gasteiger partial charge in [0.1, 0.15) is 0 Å². The number of carbonyl (C=O) groups is 1. The van der Waals surface area contributed by atoms with Crippen LogP contribution in [-0.2, 0) is 16.1 Å². The molecule has 0 saturated carbocycles. The highest BCUT2D eigenvalue weighted by molar-refractivity contribution is 5.78. The minimum absolute atomic E-state index is 0.0162. The van der Waals surface area contributed by atoms with Crippen molar-refractivity contribution < 1.29 is 9.53 Å². The van der Waals surface area contributed by atoms with Gasteiger partial charge < -0.3 is 10.1 Å². The fourth-order valence-corrected chi connectivity index (χ4v) is 2.44. The van der Waals surface area contributed by atoms with Crippen molar-refractivity contribution in [2.75, 3.05) is 19.8 Å². The Balaban J connectivity index is 1.50. The van der Waals surface area contributed by atoms with E-state index in [-0.39, 0.29) is 11.8 Å². The van der Waals surface area contributed by atoms with Gasteiger partial charge in [-0.1, -0.05) is 30.3 Å². The molecular formula is C16H19N3O2. The number of rotatable bonds is 5. The summed E-state index contributed by atoms with van der Waals surface area (Å²) in [6.07, 6.45) is 4.67. The normalized spacial score (nSPS) is 17.8. The maximum Gasteiger partial charge on any atom is 0.225 e. The topological polar surface area (TPSA) is 56.2 Å². The third-order valence-corrected chi connectivity index (χ3v) is 3.68. The molecule has 1 saturated heterocycles. The Morgan fingerprint density at radius 2 is 2.19 bits per heavy atom. The molecule has 110 valence electrons. The Morgan fingerprint density at radius 1 is 1.33 bits per heavy atom. The monoisotopic (exact) mass is 285 g/mol. The molecule has 5 heteroatoms. The van der Waals surface area contributed by atoms with Gasteiger partial charge in [-0.25, -0.2) is 0 Å². The number of ether oxygens (including phenoxy) is 1.